The summed E-state index contributed by atoms with van der Waals surface area (Å²) in [5.74, 6) is 0.792. The third-order valence-electron chi connectivity index (χ3n) is 3.64. The van der Waals surface area contributed by atoms with Gasteiger partial charge in [0.15, 0.2) is 5.82 Å². The Morgan fingerprint density at radius 2 is 1.82 bits per heavy atom. The first-order valence-corrected chi connectivity index (χ1v) is 7.41. The maximum atomic E-state index is 9.91. The predicted octanol–water partition coefficient (Wildman–Crippen LogP) is 2.96. The molecule has 2 aromatic heterocycles. The Hall–Kier alpha value is -2.27. The SMILES string of the molecule is Cc1nc2ccccc2nc1-c1nccn1CCC(C)(C)O. The minimum Gasteiger partial charge on any atom is -0.390 e. The van der Waals surface area contributed by atoms with Crippen LogP contribution < -0.4 is 0 Å². The van der Waals surface area contributed by atoms with Gasteiger partial charge in [0, 0.05) is 18.9 Å². The summed E-state index contributed by atoms with van der Waals surface area (Å²) in [6.07, 6.45) is 4.32. The Kier molecular flexibility index (Phi) is 3.66. The van der Waals surface area contributed by atoms with Crippen LogP contribution in [0, 0.1) is 6.92 Å². The topological polar surface area (TPSA) is 63.8 Å². The molecular formula is C17H20N4O. The van der Waals surface area contributed by atoms with Crippen LogP contribution in [0.4, 0.5) is 0 Å². The maximum absolute atomic E-state index is 9.91. The summed E-state index contributed by atoms with van der Waals surface area (Å²) >= 11 is 0. The summed E-state index contributed by atoms with van der Waals surface area (Å²) in [6, 6.07) is 7.83. The van der Waals surface area contributed by atoms with E-state index in [0.717, 1.165) is 28.2 Å². The molecule has 5 heteroatoms. The molecule has 0 bridgehead atoms. The number of benzene rings is 1. The van der Waals surface area contributed by atoms with E-state index in [9.17, 15) is 5.11 Å². The second-order valence-corrected chi connectivity index (χ2v) is 6.15. The van der Waals surface area contributed by atoms with Crippen molar-refractivity contribution >= 4 is 11.0 Å². The smallest absolute Gasteiger partial charge is 0.160 e. The lowest BCUT2D eigenvalue weighted by Crippen LogP contribution is -2.21. The largest absolute Gasteiger partial charge is 0.390 e. The second kappa shape index (κ2) is 5.50. The van der Waals surface area contributed by atoms with Crippen molar-refractivity contribution < 1.29 is 5.11 Å². The van der Waals surface area contributed by atoms with E-state index in [1.807, 2.05) is 55.8 Å². The fourth-order valence-corrected chi connectivity index (χ4v) is 2.40. The van der Waals surface area contributed by atoms with Crippen LogP contribution in [-0.2, 0) is 6.54 Å². The average molecular weight is 296 g/mol. The highest BCUT2D eigenvalue weighted by atomic mass is 16.3. The number of para-hydroxylation sites is 2. The highest BCUT2D eigenvalue weighted by molar-refractivity contribution is 5.77. The summed E-state index contributed by atoms with van der Waals surface area (Å²) in [5, 5.41) is 9.91. The zero-order valence-corrected chi connectivity index (χ0v) is 13.1. The Labute approximate surface area is 129 Å². The number of hydrogen-bond acceptors (Lipinski definition) is 4. The Bertz CT molecular complexity index is 802. The zero-order valence-electron chi connectivity index (χ0n) is 13.1. The third kappa shape index (κ3) is 2.99. The average Bonchev–Trinajstić information content (AvgIpc) is 2.92. The maximum Gasteiger partial charge on any atom is 0.160 e. The lowest BCUT2D eigenvalue weighted by atomic mass is 10.1. The first kappa shape index (κ1) is 14.7. The van der Waals surface area contributed by atoms with Crippen LogP contribution in [0.15, 0.2) is 36.7 Å². The van der Waals surface area contributed by atoms with Gasteiger partial charge < -0.3 is 9.67 Å². The van der Waals surface area contributed by atoms with Crippen LogP contribution in [0.5, 0.6) is 0 Å². The number of aryl methyl sites for hydroxylation is 2. The molecule has 2 heterocycles. The number of imidazole rings is 1. The van der Waals surface area contributed by atoms with Crippen LogP contribution in [0.3, 0.4) is 0 Å². The van der Waals surface area contributed by atoms with Crippen molar-refractivity contribution in [1.29, 1.82) is 0 Å². The molecule has 0 aliphatic carbocycles. The van der Waals surface area contributed by atoms with Gasteiger partial charge in [-0.2, -0.15) is 0 Å². The van der Waals surface area contributed by atoms with Gasteiger partial charge in [0.2, 0.25) is 0 Å². The second-order valence-electron chi connectivity index (χ2n) is 6.15. The lowest BCUT2D eigenvalue weighted by molar-refractivity contribution is 0.0663. The number of hydrogen-bond donors (Lipinski definition) is 1. The summed E-state index contributed by atoms with van der Waals surface area (Å²) in [5.41, 5.74) is 2.69. The molecule has 0 unspecified atom stereocenters. The molecule has 0 atom stereocenters. The van der Waals surface area contributed by atoms with Crippen molar-refractivity contribution in [1.82, 2.24) is 19.5 Å². The number of aromatic nitrogens is 4. The van der Waals surface area contributed by atoms with Crippen LogP contribution in [-0.4, -0.2) is 30.2 Å². The van der Waals surface area contributed by atoms with Gasteiger partial charge in [0.05, 0.1) is 22.3 Å². The predicted molar refractivity (Wildman–Crippen MR) is 86.4 cm³/mol. The fraction of sp³-hybridized carbons (Fsp3) is 0.353. The minimum atomic E-state index is -0.703. The lowest BCUT2D eigenvalue weighted by Gasteiger charge is -2.18. The monoisotopic (exact) mass is 296 g/mol. The number of nitrogens with zero attached hydrogens (tertiary/aromatic N) is 4. The molecule has 0 aliphatic heterocycles. The number of fused-ring (bicyclic) bond motifs is 1. The molecule has 0 fully saturated rings. The first-order valence-electron chi connectivity index (χ1n) is 7.41. The van der Waals surface area contributed by atoms with Gasteiger partial charge in [-0.25, -0.2) is 15.0 Å². The van der Waals surface area contributed by atoms with Crippen molar-refractivity contribution in [2.24, 2.45) is 0 Å². The summed E-state index contributed by atoms with van der Waals surface area (Å²) in [6.45, 7) is 6.26. The minimum absolute atomic E-state index is 0.649. The standard InChI is InChI=1S/C17H20N4O/c1-12-15(20-14-7-5-4-6-13(14)19-12)16-18-9-11-21(16)10-8-17(2,3)22/h4-7,9,11,22H,8,10H2,1-3H3. The van der Waals surface area contributed by atoms with E-state index < -0.39 is 5.60 Å². The van der Waals surface area contributed by atoms with Gasteiger partial charge in [-0.1, -0.05) is 12.1 Å². The van der Waals surface area contributed by atoms with Gasteiger partial charge in [-0.3, -0.25) is 0 Å². The molecule has 3 aromatic rings. The molecule has 0 radical (unpaired) electrons. The van der Waals surface area contributed by atoms with Gasteiger partial charge in [-0.05, 0) is 39.3 Å². The van der Waals surface area contributed by atoms with Crippen molar-refractivity contribution in [3.8, 4) is 11.5 Å². The van der Waals surface area contributed by atoms with Crippen molar-refractivity contribution in [3.05, 3.63) is 42.4 Å². The van der Waals surface area contributed by atoms with E-state index in [1.54, 1.807) is 6.20 Å². The Balaban J connectivity index is 2.01. The van der Waals surface area contributed by atoms with Gasteiger partial charge in [0.25, 0.3) is 0 Å². The van der Waals surface area contributed by atoms with Gasteiger partial charge in [0.1, 0.15) is 5.69 Å². The first-order chi connectivity index (χ1) is 10.4. The van der Waals surface area contributed by atoms with E-state index in [1.165, 1.54) is 0 Å². The highest BCUT2D eigenvalue weighted by Crippen LogP contribution is 2.22. The molecule has 1 N–H and O–H groups in total. The molecule has 22 heavy (non-hydrogen) atoms. The Morgan fingerprint density at radius 1 is 1.14 bits per heavy atom. The zero-order chi connectivity index (χ0) is 15.7. The van der Waals surface area contributed by atoms with Crippen molar-refractivity contribution in [2.45, 2.75) is 39.3 Å². The van der Waals surface area contributed by atoms with Crippen molar-refractivity contribution in [2.75, 3.05) is 0 Å². The molecule has 114 valence electrons. The van der Waals surface area contributed by atoms with E-state index in [-0.39, 0.29) is 0 Å². The molecular weight excluding hydrogens is 276 g/mol. The quantitative estimate of drug-likeness (QED) is 0.804. The molecule has 0 saturated heterocycles. The molecule has 0 saturated carbocycles. The van der Waals surface area contributed by atoms with Crippen LogP contribution >= 0.6 is 0 Å². The van der Waals surface area contributed by atoms with E-state index in [4.69, 9.17) is 4.98 Å². The number of aliphatic hydroxyl groups is 1. The van der Waals surface area contributed by atoms with Crippen molar-refractivity contribution in [3.63, 3.8) is 0 Å². The molecule has 1 aromatic carbocycles. The molecule has 3 rings (SSSR count). The molecule has 0 aliphatic rings. The summed E-state index contributed by atoms with van der Waals surface area (Å²) in [7, 11) is 0. The molecule has 0 spiro atoms. The number of rotatable bonds is 4. The molecule has 5 nitrogen and oxygen atoms in total. The van der Waals surface area contributed by atoms with E-state index >= 15 is 0 Å². The highest BCUT2D eigenvalue weighted by Gasteiger charge is 2.16. The Morgan fingerprint density at radius 3 is 2.50 bits per heavy atom. The van der Waals surface area contributed by atoms with Crippen LogP contribution in [0.1, 0.15) is 26.0 Å². The van der Waals surface area contributed by atoms with E-state index in [0.29, 0.717) is 13.0 Å². The summed E-state index contributed by atoms with van der Waals surface area (Å²) in [4.78, 5) is 13.8. The van der Waals surface area contributed by atoms with E-state index in [2.05, 4.69) is 9.97 Å². The van der Waals surface area contributed by atoms with Crippen LogP contribution in [0.25, 0.3) is 22.6 Å². The van der Waals surface area contributed by atoms with Gasteiger partial charge >= 0.3 is 0 Å². The summed E-state index contributed by atoms with van der Waals surface area (Å²) < 4.78 is 2.02. The molecule has 0 amide bonds. The van der Waals surface area contributed by atoms with Crippen LogP contribution in [0.2, 0.25) is 0 Å². The normalized spacial score (nSPS) is 12.0. The third-order valence-corrected chi connectivity index (χ3v) is 3.64. The fourth-order valence-electron chi connectivity index (χ4n) is 2.40. The van der Waals surface area contributed by atoms with Gasteiger partial charge in [-0.15, -0.1) is 0 Å².